The molecule has 0 saturated carbocycles. The zero-order valence-corrected chi connectivity index (χ0v) is 17.0. The Morgan fingerprint density at radius 1 is 1.28 bits per heavy atom. The molecule has 1 atom stereocenters. The zero-order chi connectivity index (χ0) is 18.6. The maximum Gasteiger partial charge on any atom is 0.410 e. The van der Waals surface area contributed by atoms with E-state index in [-0.39, 0.29) is 17.9 Å². The van der Waals surface area contributed by atoms with Gasteiger partial charge in [0.25, 0.3) is 0 Å². The highest BCUT2D eigenvalue weighted by molar-refractivity contribution is 9.10. The van der Waals surface area contributed by atoms with Crippen LogP contribution in [0.15, 0.2) is 28.7 Å². The molecule has 0 aliphatic carbocycles. The SMILES string of the molecule is CN(Cc1ccc(Br)cc1)C(=O)C1CCCN(C(=O)OC(C)(C)C)C1. The molecule has 0 radical (unpaired) electrons. The lowest BCUT2D eigenvalue weighted by molar-refractivity contribution is -0.136. The van der Waals surface area contributed by atoms with E-state index in [1.807, 2.05) is 52.1 Å². The summed E-state index contributed by atoms with van der Waals surface area (Å²) in [4.78, 5) is 28.4. The van der Waals surface area contributed by atoms with E-state index in [4.69, 9.17) is 4.74 Å². The van der Waals surface area contributed by atoms with Gasteiger partial charge in [0, 0.05) is 31.2 Å². The molecule has 1 unspecified atom stereocenters. The minimum Gasteiger partial charge on any atom is -0.444 e. The monoisotopic (exact) mass is 410 g/mol. The smallest absolute Gasteiger partial charge is 0.410 e. The van der Waals surface area contributed by atoms with Gasteiger partial charge in [-0.05, 0) is 51.3 Å². The number of carbonyl (C=O) groups is 2. The van der Waals surface area contributed by atoms with Crippen LogP contribution in [0.4, 0.5) is 4.79 Å². The molecular formula is C19H27BrN2O3. The van der Waals surface area contributed by atoms with E-state index in [9.17, 15) is 9.59 Å². The van der Waals surface area contributed by atoms with Crippen molar-refractivity contribution in [3.63, 3.8) is 0 Å². The van der Waals surface area contributed by atoms with E-state index >= 15 is 0 Å². The first-order valence-electron chi connectivity index (χ1n) is 8.63. The van der Waals surface area contributed by atoms with E-state index in [0.717, 1.165) is 22.9 Å². The number of ether oxygens (including phenoxy) is 1. The van der Waals surface area contributed by atoms with Crippen LogP contribution < -0.4 is 0 Å². The zero-order valence-electron chi connectivity index (χ0n) is 15.4. The van der Waals surface area contributed by atoms with Gasteiger partial charge in [-0.1, -0.05) is 28.1 Å². The van der Waals surface area contributed by atoms with Gasteiger partial charge in [0.15, 0.2) is 0 Å². The summed E-state index contributed by atoms with van der Waals surface area (Å²) in [6.07, 6.45) is 1.30. The standard InChI is InChI=1S/C19H27BrN2O3/c1-19(2,3)25-18(24)22-11-5-6-15(13-22)17(23)21(4)12-14-7-9-16(20)10-8-14/h7-10,15H,5-6,11-13H2,1-4H3. The van der Waals surface area contributed by atoms with E-state index in [1.165, 1.54) is 0 Å². The van der Waals surface area contributed by atoms with Crippen LogP contribution in [0.2, 0.25) is 0 Å². The Hall–Kier alpha value is -1.56. The van der Waals surface area contributed by atoms with Crippen LogP contribution in [0.3, 0.4) is 0 Å². The molecule has 0 aromatic heterocycles. The Bertz CT molecular complexity index is 610. The Labute approximate surface area is 158 Å². The number of carbonyl (C=O) groups excluding carboxylic acids is 2. The van der Waals surface area contributed by atoms with Gasteiger partial charge < -0.3 is 14.5 Å². The summed E-state index contributed by atoms with van der Waals surface area (Å²) in [6, 6.07) is 7.94. The molecule has 1 aromatic carbocycles. The van der Waals surface area contributed by atoms with Gasteiger partial charge in [0.05, 0.1) is 5.92 Å². The first-order chi connectivity index (χ1) is 11.7. The third-order valence-corrected chi connectivity index (χ3v) is 4.66. The number of hydrogen-bond donors (Lipinski definition) is 0. The number of benzene rings is 1. The van der Waals surface area contributed by atoms with E-state index in [1.54, 1.807) is 9.80 Å². The van der Waals surface area contributed by atoms with Gasteiger partial charge >= 0.3 is 6.09 Å². The third-order valence-electron chi connectivity index (χ3n) is 4.13. The van der Waals surface area contributed by atoms with Gasteiger partial charge in [-0.15, -0.1) is 0 Å². The average Bonchev–Trinajstić information content (AvgIpc) is 2.55. The van der Waals surface area contributed by atoms with Crippen molar-refractivity contribution in [2.45, 2.75) is 45.8 Å². The largest absolute Gasteiger partial charge is 0.444 e. The Balaban J connectivity index is 1.94. The average molecular weight is 411 g/mol. The number of hydrogen-bond acceptors (Lipinski definition) is 3. The van der Waals surface area contributed by atoms with Crippen molar-refractivity contribution in [1.82, 2.24) is 9.80 Å². The maximum absolute atomic E-state index is 12.8. The molecule has 1 aromatic rings. The second-order valence-electron chi connectivity index (χ2n) is 7.59. The maximum atomic E-state index is 12.8. The van der Waals surface area contributed by atoms with Crippen molar-refractivity contribution >= 4 is 27.9 Å². The summed E-state index contributed by atoms with van der Waals surface area (Å²) in [5.41, 5.74) is 0.561. The van der Waals surface area contributed by atoms with Crippen LogP contribution in [-0.4, -0.2) is 47.5 Å². The molecule has 0 bridgehead atoms. The Morgan fingerprint density at radius 3 is 2.52 bits per heavy atom. The lowest BCUT2D eigenvalue weighted by Gasteiger charge is -2.35. The van der Waals surface area contributed by atoms with Crippen LogP contribution in [-0.2, 0) is 16.1 Å². The van der Waals surface area contributed by atoms with Crippen LogP contribution >= 0.6 is 15.9 Å². The first kappa shape index (κ1) is 19.8. The lowest BCUT2D eigenvalue weighted by Crippen LogP contribution is -2.47. The molecule has 1 aliphatic rings. The summed E-state index contributed by atoms with van der Waals surface area (Å²) < 4.78 is 6.45. The highest BCUT2D eigenvalue weighted by Gasteiger charge is 2.32. The van der Waals surface area contributed by atoms with Crippen molar-refractivity contribution in [2.75, 3.05) is 20.1 Å². The fourth-order valence-corrected chi connectivity index (χ4v) is 3.19. The van der Waals surface area contributed by atoms with Gasteiger partial charge in [0.1, 0.15) is 5.60 Å². The summed E-state index contributed by atoms with van der Waals surface area (Å²) in [7, 11) is 1.82. The van der Waals surface area contributed by atoms with Crippen LogP contribution in [0.25, 0.3) is 0 Å². The number of likely N-dealkylation sites (tertiary alicyclic amines) is 1. The molecule has 1 fully saturated rings. The quantitative estimate of drug-likeness (QED) is 0.754. The molecule has 6 heteroatoms. The highest BCUT2D eigenvalue weighted by atomic mass is 79.9. The second kappa shape index (κ2) is 8.21. The summed E-state index contributed by atoms with van der Waals surface area (Å²) in [5, 5.41) is 0. The van der Waals surface area contributed by atoms with Crippen molar-refractivity contribution in [3.05, 3.63) is 34.3 Å². The first-order valence-corrected chi connectivity index (χ1v) is 9.42. The molecular weight excluding hydrogens is 384 g/mol. The van der Waals surface area contributed by atoms with Crippen molar-refractivity contribution < 1.29 is 14.3 Å². The van der Waals surface area contributed by atoms with Gasteiger partial charge in [0.2, 0.25) is 5.91 Å². The summed E-state index contributed by atoms with van der Waals surface area (Å²) >= 11 is 3.41. The predicted octanol–water partition coefficient (Wildman–Crippen LogP) is 4.05. The van der Waals surface area contributed by atoms with Crippen molar-refractivity contribution in [2.24, 2.45) is 5.92 Å². The van der Waals surface area contributed by atoms with E-state index in [2.05, 4.69) is 15.9 Å². The number of rotatable bonds is 3. The molecule has 1 aliphatic heterocycles. The molecule has 1 heterocycles. The molecule has 138 valence electrons. The molecule has 0 N–H and O–H groups in total. The van der Waals surface area contributed by atoms with Crippen LogP contribution in [0, 0.1) is 5.92 Å². The van der Waals surface area contributed by atoms with E-state index < -0.39 is 5.60 Å². The summed E-state index contributed by atoms with van der Waals surface area (Å²) in [5.74, 6) is -0.0853. The third kappa shape index (κ3) is 6.03. The number of nitrogens with zero attached hydrogens (tertiary/aromatic N) is 2. The molecule has 1 saturated heterocycles. The summed E-state index contributed by atoms with van der Waals surface area (Å²) in [6.45, 7) is 7.19. The van der Waals surface area contributed by atoms with Crippen molar-refractivity contribution in [1.29, 1.82) is 0 Å². The molecule has 5 nitrogen and oxygen atoms in total. The molecule has 0 spiro atoms. The fraction of sp³-hybridized carbons (Fsp3) is 0.579. The molecule has 25 heavy (non-hydrogen) atoms. The van der Waals surface area contributed by atoms with Gasteiger partial charge in [-0.3, -0.25) is 4.79 Å². The number of halogens is 1. The minimum atomic E-state index is -0.521. The minimum absolute atomic E-state index is 0.0798. The van der Waals surface area contributed by atoms with Crippen LogP contribution in [0.1, 0.15) is 39.2 Å². The van der Waals surface area contributed by atoms with Gasteiger partial charge in [-0.2, -0.15) is 0 Å². The van der Waals surface area contributed by atoms with Gasteiger partial charge in [-0.25, -0.2) is 4.79 Å². The van der Waals surface area contributed by atoms with Crippen molar-refractivity contribution in [3.8, 4) is 0 Å². The molecule has 2 rings (SSSR count). The van der Waals surface area contributed by atoms with E-state index in [0.29, 0.717) is 19.6 Å². The Kier molecular flexibility index (Phi) is 6.49. The second-order valence-corrected chi connectivity index (χ2v) is 8.50. The topological polar surface area (TPSA) is 49.9 Å². The number of piperidine rings is 1. The molecule has 2 amide bonds. The number of amides is 2. The Morgan fingerprint density at radius 2 is 1.92 bits per heavy atom. The fourth-order valence-electron chi connectivity index (χ4n) is 2.92. The normalized spacial score (nSPS) is 18.0. The highest BCUT2D eigenvalue weighted by Crippen LogP contribution is 2.22. The lowest BCUT2D eigenvalue weighted by atomic mass is 9.96. The predicted molar refractivity (Wildman–Crippen MR) is 101 cm³/mol. The van der Waals surface area contributed by atoms with Crippen LogP contribution in [0.5, 0.6) is 0 Å².